The van der Waals surface area contributed by atoms with Gasteiger partial charge >= 0.3 is 0 Å². The van der Waals surface area contributed by atoms with E-state index < -0.39 is 10.0 Å². The highest BCUT2D eigenvalue weighted by Gasteiger charge is 2.30. The zero-order chi connectivity index (χ0) is 19.0. The first-order chi connectivity index (χ1) is 12.9. The summed E-state index contributed by atoms with van der Waals surface area (Å²) < 4.78 is 29.7. The topological polar surface area (TPSA) is 71.3 Å². The van der Waals surface area contributed by atoms with Crippen molar-refractivity contribution >= 4 is 38.8 Å². The molecular weight excluding hydrogens is 406 g/mol. The molecule has 27 heavy (non-hydrogen) atoms. The molecule has 0 aromatic carbocycles. The van der Waals surface area contributed by atoms with Gasteiger partial charge in [0.25, 0.3) is 10.0 Å². The van der Waals surface area contributed by atoms with Gasteiger partial charge in [-0.3, -0.25) is 0 Å². The number of anilines is 1. The van der Waals surface area contributed by atoms with E-state index in [4.69, 9.17) is 11.6 Å². The number of sulfonamides is 1. The summed E-state index contributed by atoms with van der Waals surface area (Å²) in [5.41, 5.74) is 0. The minimum Gasteiger partial charge on any atom is -0.354 e. The summed E-state index contributed by atoms with van der Waals surface area (Å²) in [6, 6.07) is 8.99. The monoisotopic (exact) mass is 423 g/mol. The molecule has 1 fully saturated rings. The molecule has 1 aliphatic rings. The number of rotatable bonds is 4. The van der Waals surface area contributed by atoms with Crippen LogP contribution in [-0.2, 0) is 10.0 Å². The van der Waals surface area contributed by atoms with Crippen LogP contribution in [0.1, 0.15) is 5.82 Å². The number of aromatic nitrogens is 3. The van der Waals surface area contributed by atoms with Gasteiger partial charge in [-0.15, -0.1) is 11.3 Å². The average Bonchev–Trinajstić information content (AvgIpc) is 3.33. The van der Waals surface area contributed by atoms with Crippen LogP contribution in [-0.4, -0.2) is 53.4 Å². The molecule has 142 valence electrons. The number of piperazine rings is 1. The van der Waals surface area contributed by atoms with Crippen molar-refractivity contribution in [3.05, 3.63) is 52.9 Å². The summed E-state index contributed by atoms with van der Waals surface area (Å²) in [6.07, 6.45) is 3.87. The first-order valence-electron chi connectivity index (χ1n) is 8.43. The lowest BCUT2D eigenvalue weighted by molar-refractivity contribution is 0.384. The van der Waals surface area contributed by atoms with Crippen molar-refractivity contribution in [1.29, 1.82) is 0 Å². The highest BCUT2D eigenvalue weighted by atomic mass is 35.5. The second-order valence-electron chi connectivity index (χ2n) is 6.17. The molecule has 4 heterocycles. The second kappa shape index (κ2) is 7.23. The molecule has 0 atom stereocenters. The van der Waals surface area contributed by atoms with E-state index in [0.29, 0.717) is 36.3 Å². The largest absolute Gasteiger partial charge is 0.354 e. The van der Waals surface area contributed by atoms with Gasteiger partial charge in [0.05, 0.1) is 4.34 Å². The zero-order valence-electron chi connectivity index (χ0n) is 14.6. The van der Waals surface area contributed by atoms with Gasteiger partial charge in [0, 0.05) is 44.6 Å². The van der Waals surface area contributed by atoms with E-state index >= 15 is 0 Å². The van der Waals surface area contributed by atoms with Crippen LogP contribution in [0.25, 0.3) is 5.82 Å². The molecule has 1 saturated heterocycles. The van der Waals surface area contributed by atoms with Crippen LogP contribution in [0.2, 0.25) is 4.34 Å². The van der Waals surface area contributed by atoms with E-state index in [1.165, 1.54) is 4.31 Å². The fourth-order valence-corrected chi connectivity index (χ4v) is 6.10. The van der Waals surface area contributed by atoms with Crippen LogP contribution in [0.3, 0.4) is 0 Å². The van der Waals surface area contributed by atoms with Gasteiger partial charge in [-0.2, -0.15) is 4.31 Å². The Morgan fingerprint density at radius 2 is 1.70 bits per heavy atom. The predicted octanol–water partition coefficient (Wildman–Crippen LogP) is 2.80. The number of hydrogen-bond donors (Lipinski definition) is 0. The van der Waals surface area contributed by atoms with Gasteiger partial charge in [0.15, 0.2) is 0 Å². The molecule has 1 aliphatic heterocycles. The minimum atomic E-state index is -3.49. The van der Waals surface area contributed by atoms with Gasteiger partial charge < -0.3 is 9.47 Å². The van der Waals surface area contributed by atoms with Crippen LogP contribution >= 0.6 is 22.9 Å². The standard InChI is InChI=1S/C17H18ClN5O2S2/c1-13-19-15(21-6-2-3-7-21)12-16(20-13)22-8-10-23(11-9-22)27(24,25)17-5-4-14(18)26-17/h2-7,12H,8-11H2,1H3. The summed E-state index contributed by atoms with van der Waals surface area (Å²) >= 11 is 6.98. The fraction of sp³-hybridized carbons (Fsp3) is 0.294. The lowest BCUT2D eigenvalue weighted by atomic mass is 10.3. The Morgan fingerprint density at radius 1 is 1.04 bits per heavy atom. The van der Waals surface area contributed by atoms with Crippen molar-refractivity contribution in [2.75, 3.05) is 31.1 Å². The summed E-state index contributed by atoms with van der Waals surface area (Å²) in [6.45, 7) is 3.80. The molecule has 0 radical (unpaired) electrons. The number of aryl methyl sites for hydroxylation is 1. The molecule has 0 amide bonds. The molecule has 0 unspecified atom stereocenters. The normalized spacial score (nSPS) is 16.0. The van der Waals surface area contributed by atoms with E-state index in [0.717, 1.165) is 23.0 Å². The SMILES string of the molecule is Cc1nc(N2CCN(S(=O)(=O)c3ccc(Cl)s3)CC2)cc(-n2cccc2)n1. The van der Waals surface area contributed by atoms with Gasteiger partial charge in [-0.05, 0) is 31.2 Å². The Balaban J connectivity index is 1.51. The molecule has 3 aromatic rings. The fourth-order valence-electron chi connectivity index (χ4n) is 3.04. The third-order valence-electron chi connectivity index (χ3n) is 4.39. The Labute approximate surface area is 166 Å². The Kier molecular flexibility index (Phi) is 4.94. The smallest absolute Gasteiger partial charge is 0.252 e. The third kappa shape index (κ3) is 3.73. The van der Waals surface area contributed by atoms with E-state index in [9.17, 15) is 8.42 Å². The quantitative estimate of drug-likeness (QED) is 0.645. The maximum absolute atomic E-state index is 12.7. The molecule has 3 aromatic heterocycles. The van der Waals surface area contributed by atoms with E-state index in [1.807, 2.05) is 42.1 Å². The number of hydrogen-bond acceptors (Lipinski definition) is 6. The number of nitrogens with zero attached hydrogens (tertiary/aromatic N) is 5. The zero-order valence-corrected chi connectivity index (χ0v) is 17.0. The highest BCUT2D eigenvalue weighted by Crippen LogP contribution is 2.29. The Hall–Kier alpha value is -1.94. The lowest BCUT2D eigenvalue weighted by Crippen LogP contribution is -2.48. The van der Waals surface area contributed by atoms with E-state index in [2.05, 4.69) is 14.9 Å². The summed E-state index contributed by atoms with van der Waals surface area (Å²) in [5, 5.41) is 0. The van der Waals surface area contributed by atoms with Gasteiger partial charge in [-0.1, -0.05) is 11.6 Å². The molecule has 0 spiro atoms. The molecule has 10 heteroatoms. The first kappa shape index (κ1) is 18.4. The maximum atomic E-state index is 12.7. The maximum Gasteiger partial charge on any atom is 0.252 e. The molecule has 0 saturated carbocycles. The van der Waals surface area contributed by atoms with E-state index in [-0.39, 0.29) is 4.21 Å². The van der Waals surface area contributed by atoms with Crippen molar-refractivity contribution in [3.8, 4) is 5.82 Å². The second-order valence-corrected chi connectivity index (χ2v) is 10.1. The summed E-state index contributed by atoms with van der Waals surface area (Å²) in [4.78, 5) is 11.1. The molecule has 7 nitrogen and oxygen atoms in total. The molecule has 4 rings (SSSR count). The highest BCUT2D eigenvalue weighted by molar-refractivity contribution is 7.91. The number of thiophene rings is 1. The van der Waals surface area contributed by atoms with Crippen molar-refractivity contribution in [1.82, 2.24) is 18.8 Å². The molecular formula is C17H18ClN5O2S2. The Bertz CT molecular complexity index is 1040. The van der Waals surface area contributed by atoms with Crippen LogP contribution in [0.15, 0.2) is 46.9 Å². The van der Waals surface area contributed by atoms with Gasteiger partial charge in [0.2, 0.25) is 0 Å². The van der Waals surface area contributed by atoms with Crippen molar-refractivity contribution in [3.63, 3.8) is 0 Å². The van der Waals surface area contributed by atoms with E-state index in [1.54, 1.807) is 12.1 Å². The third-order valence-corrected chi connectivity index (χ3v) is 7.98. The minimum absolute atomic E-state index is 0.286. The summed E-state index contributed by atoms with van der Waals surface area (Å²) in [7, 11) is -3.49. The molecule has 0 N–H and O–H groups in total. The molecule has 0 aliphatic carbocycles. The van der Waals surface area contributed by atoms with Crippen LogP contribution < -0.4 is 4.90 Å². The van der Waals surface area contributed by atoms with Gasteiger partial charge in [-0.25, -0.2) is 18.4 Å². The van der Waals surface area contributed by atoms with Crippen molar-refractivity contribution < 1.29 is 8.42 Å². The van der Waals surface area contributed by atoms with Crippen LogP contribution in [0, 0.1) is 6.92 Å². The van der Waals surface area contributed by atoms with Crippen molar-refractivity contribution in [2.45, 2.75) is 11.1 Å². The number of halogens is 1. The van der Waals surface area contributed by atoms with Crippen LogP contribution in [0.4, 0.5) is 5.82 Å². The van der Waals surface area contributed by atoms with Gasteiger partial charge in [0.1, 0.15) is 21.7 Å². The summed E-state index contributed by atoms with van der Waals surface area (Å²) in [5.74, 6) is 2.28. The Morgan fingerprint density at radius 3 is 2.33 bits per heavy atom. The average molecular weight is 424 g/mol. The molecule has 0 bridgehead atoms. The predicted molar refractivity (Wildman–Crippen MR) is 106 cm³/mol. The first-order valence-corrected chi connectivity index (χ1v) is 11.1. The lowest BCUT2D eigenvalue weighted by Gasteiger charge is -2.34. The van der Waals surface area contributed by atoms with Crippen LogP contribution in [0.5, 0.6) is 0 Å². The van der Waals surface area contributed by atoms with Crippen molar-refractivity contribution in [2.24, 2.45) is 0 Å².